The van der Waals surface area contributed by atoms with Crippen LogP contribution in [0, 0.1) is 0 Å². The Morgan fingerprint density at radius 1 is 1.60 bits per heavy atom. The molecular weight excluding hydrogens is 218 g/mol. The van der Waals surface area contributed by atoms with E-state index in [1.807, 2.05) is 6.92 Å². The predicted octanol–water partition coefficient (Wildman–Crippen LogP) is 2.24. The SMILES string of the molecule is CCOc1ccc(NCC(=O)O)cc1Cl. The first-order valence-electron chi connectivity index (χ1n) is 4.51. The zero-order chi connectivity index (χ0) is 11.3. The van der Waals surface area contributed by atoms with Gasteiger partial charge in [0.1, 0.15) is 12.3 Å². The molecule has 0 bridgehead atoms. The molecule has 0 unspecified atom stereocenters. The number of hydrogen-bond acceptors (Lipinski definition) is 3. The molecule has 0 aromatic heterocycles. The van der Waals surface area contributed by atoms with Gasteiger partial charge >= 0.3 is 5.97 Å². The standard InChI is InChI=1S/C10H12ClNO3/c1-2-15-9-4-3-7(5-8(9)11)12-6-10(13)14/h3-5,12H,2,6H2,1H3,(H,13,14). The lowest BCUT2D eigenvalue weighted by atomic mass is 10.3. The Labute approximate surface area is 92.8 Å². The van der Waals surface area contributed by atoms with Crippen molar-refractivity contribution < 1.29 is 14.6 Å². The van der Waals surface area contributed by atoms with Gasteiger partial charge in [0, 0.05) is 5.69 Å². The van der Waals surface area contributed by atoms with Crippen molar-refractivity contribution in [3.8, 4) is 5.75 Å². The van der Waals surface area contributed by atoms with E-state index in [-0.39, 0.29) is 6.54 Å². The smallest absolute Gasteiger partial charge is 0.322 e. The van der Waals surface area contributed by atoms with E-state index in [9.17, 15) is 4.79 Å². The van der Waals surface area contributed by atoms with Crippen LogP contribution in [0.25, 0.3) is 0 Å². The number of halogens is 1. The largest absolute Gasteiger partial charge is 0.492 e. The van der Waals surface area contributed by atoms with Crippen molar-refractivity contribution in [1.82, 2.24) is 0 Å². The molecule has 0 fully saturated rings. The second kappa shape index (κ2) is 5.46. The molecule has 0 heterocycles. The average molecular weight is 230 g/mol. The molecule has 0 saturated heterocycles. The third-order valence-electron chi connectivity index (χ3n) is 1.68. The average Bonchev–Trinajstić information content (AvgIpc) is 2.19. The molecule has 1 aromatic rings. The molecule has 0 aliphatic carbocycles. The van der Waals surface area contributed by atoms with E-state index in [0.29, 0.717) is 23.1 Å². The lowest BCUT2D eigenvalue weighted by Crippen LogP contribution is -2.12. The maximum Gasteiger partial charge on any atom is 0.322 e. The first-order valence-corrected chi connectivity index (χ1v) is 4.89. The van der Waals surface area contributed by atoms with Gasteiger partial charge in [0.15, 0.2) is 0 Å². The second-order valence-electron chi connectivity index (χ2n) is 2.83. The van der Waals surface area contributed by atoms with E-state index in [1.165, 1.54) is 0 Å². The normalized spacial score (nSPS) is 9.73. The molecule has 4 nitrogen and oxygen atoms in total. The summed E-state index contributed by atoms with van der Waals surface area (Å²) in [6.45, 7) is 2.28. The summed E-state index contributed by atoms with van der Waals surface area (Å²) in [4.78, 5) is 10.3. The Balaban J connectivity index is 2.68. The monoisotopic (exact) mass is 229 g/mol. The first kappa shape index (κ1) is 11.7. The number of benzene rings is 1. The molecule has 0 aliphatic heterocycles. The lowest BCUT2D eigenvalue weighted by molar-refractivity contribution is -0.134. The van der Waals surface area contributed by atoms with E-state index in [2.05, 4.69) is 5.32 Å². The molecule has 0 amide bonds. The van der Waals surface area contributed by atoms with Gasteiger partial charge in [0.05, 0.1) is 11.6 Å². The summed E-state index contributed by atoms with van der Waals surface area (Å²) < 4.78 is 5.24. The molecular formula is C10H12ClNO3. The van der Waals surface area contributed by atoms with Crippen molar-refractivity contribution in [3.63, 3.8) is 0 Å². The number of aliphatic carboxylic acids is 1. The Bertz CT molecular complexity index is 355. The van der Waals surface area contributed by atoms with E-state index in [4.69, 9.17) is 21.4 Å². The van der Waals surface area contributed by atoms with Crippen LogP contribution in [-0.2, 0) is 4.79 Å². The molecule has 0 aliphatic rings. The number of carboxylic acids is 1. The summed E-state index contributed by atoms with van der Waals surface area (Å²) in [6, 6.07) is 5.06. The highest BCUT2D eigenvalue weighted by Crippen LogP contribution is 2.27. The van der Waals surface area contributed by atoms with Crippen LogP contribution in [0.15, 0.2) is 18.2 Å². The minimum absolute atomic E-state index is 0.135. The number of carboxylic acid groups (broad SMARTS) is 1. The Kier molecular flexibility index (Phi) is 4.24. The van der Waals surface area contributed by atoms with E-state index >= 15 is 0 Å². The third-order valence-corrected chi connectivity index (χ3v) is 1.97. The number of anilines is 1. The van der Waals surface area contributed by atoms with Gasteiger partial charge in [-0.3, -0.25) is 4.79 Å². The minimum Gasteiger partial charge on any atom is -0.492 e. The number of ether oxygens (including phenoxy) is 1. The number of hydrogen-bond donors (Lipinski definition) is 2. The van der Waals surface area contributed by atoms with Gasteiger partial charge in [-0.05, 0) is 25.1 Å². The molecule has 1 rings (SSSR count). The van der Waals surface area contributed by atoms with Crippen molar-refractivity contribution in [2.75, 3.05) is 18.5 Å². The van der Waals surface area contributed by atoms with Crippen LogP contribution in [0.3, 0.4) is 0 Å². The molecule has 1 aromatic carbocycles. The van der Waals surface area contributed by atoms with Gasteiger partial charge in [0.25, 0.3) is 0 Å². The number of rotatable bonds is 5. The summed E-state index contributed by atoms with van der Waals surface area (Å²) in [5.74, 6) is -0.319. The van der Waals surface area contributed by atoms with E-state index in [1.54, 1.807) is 18.2 Å². The summed E-state index contributed by atoms with van der Waals surface area (Å²) in [5, 5.41) is 11.6. The molecule has 0 saturated carbocycles. The summed E-state index contributed by atoms with van der Waals surface area (Å²) in [6.07, 6.45) is 0. The first-order chi connectivity index (χ1) is 7.13. The van der Waals surface area contributed by atoms with Crippen LogP contribution in [0.1, 0.15) is 6.92 Å². The fourth-order valence-corrected chi connectivity index (χ4v) is 1.30. The molecule has 2 N–H and O–H groups in total. The highest BCUT2D eigenvalue weighted by Gasteiger charge is 2.03. The quantitative estimate of drug-likeness (QED) is 0.813. The molecule has 0 spiro atoms. The van der Waals surface area contributed by atoms with Crippen molar-refractivity contribution >= 4 is 23.3 Å². The van der Waals surface area contributed by atoms with Crippen LogP contribution in [0.4, 0.5) is 5.69 Å². The lowest BCUT2D eigenvalue weighted by Gasteiger charge is -2.08. The van der Waals surface area contributed by atoms with Gasteiger partial charge in [0.2, 0.25) is 0 Å². The van der Waals surface area contributed by atoms with Crippen LogP contribution in [-0.4, -0.2) is 24.2 Å². The van der Waals surface area contributed by atoms with Crippen LogP contribution >= 0.6 is 11.6 Å². The van der Waals surface area contributed by atoms with E-state index in [0.717, 1.165) is 0 Å². The fraction of sp³-hybridized carbons (Fsp3) is 0.300. The molecule has 82 valence electrons. The molecule has 0 atom stereocenters. The van der Waals surface area contributed by atoms with Crippen LogP contribution < -0.4 is 10.1 Å². The maximum absolute atomic E-state index is 10.3. The Morgan fingerprint density at radius 2 is 2.33 bits per heavy atom. The number of nitrogens with one attached hydrogen (secondary N) is 1. The van der Waals surface area contributed by atoms with Gasteiger partial charge in [-0.25, -0.2) is 0 Å². The molecule has 15 heavy (non-hydrogen) atoms. The third kappa shape index (κ3) is 3.67. The second-order valence-corrected chi connectivity index (χ2v) is 3.23. The van der Waals surface area contributed by atoms with Crippen molar-refractivity contribution in [3.05, 3.63) is 23.2 Å². The maximum atomic E-state index is 10.3. The Morgan fingerprint density at radius 3 is 2.87 bits per heavy atom. The van der Waals surface area contributed by atoms with Crippen molar-refractivity contribution in [1.29, 1.82) is 0 Å². The topological polar surface area (TPSA) is 58.6 Å². The zero-order valence-electron chi connectivity index (χ0n) is 8.29. The van der Waals surface area contributed by atoms with Crippen LogP contribution in [0.2, 0.25) is 5.02 Å². The fourth-order valence-electron chi connectivity index (χ4n) is 1.06. The van der Waals surface area contributed by atoms with E-state index < -0.39 is 5.97 Å². The molecule has 5 heteroatoms. The predicted molar refractivity (Wildman–Crippen MR) is 58.7 cm³/mol. The highest BCUT2D eigenvalue weighted by atomic mass is 35.5. The Hall–Kier alpha value is -1.42. The summed E-state index contributed by atoms with van der Waals surface area (Å²) in [7, 11) is 0. The van der Waals surface area contributed by atoms with Gasteiger partial charge < -0.3 is 15.2 Å². The summed E-state index contributed by atoms with van der Waals surface area (Å²) in [5.41, 5.74) is 0.658. The van der Waals surface area contributed by atoms with Gasteiger partial charge in [-0.15, -0.1) is 0 Å². The van der Waals surface area contributed by atoms with Gasteiger partial charge in [-0.2, -0.15) is 0 Å². The highest BCUT2D eigenvalue weighted by molar-refractivity contribution is 6.32. The molecule has 0 radical (unpaired) electrons. The zero-order valence-corrected chi connectivity index (χ0v) is 9.04. The van der Waals surface area contributed by atoms with Crippen molar-refractivity contribution in [2.24, 2.45) is 0 Å². The summed E-state index contributed by atoms with van der Waals surface area (Å²) >= 11 is 5.91. The number of carbonyl (C=O) groups is 1. The van der Waals surface area contributed by atoms with Gasteiger partial charge in [-0.1, -0.05) is 11.6 Å². The minimum atomic E-state index is -0.917. The van der Waals surface area contributed by atoms with Crippen molar-refractivity contribution in [2.45, 2.75) is 6.92 Å². The van der Waals surface area contributed by atoms with Crippen LogP contribution in [0.5, 0.6) is 5.75 Å².